The minimum atomic E-state index is -0.574. The lowest BCUT2D eigenvalue weighted by Crippen LogP contribution is -2.28. The van der Waals surface area contributed by atoms with Gasteiger partial charge in [-0.05, 0) is 30.9 Å². The van der Waals surface area contributed by atoms with E-state index in [0.717, 1.165) is 16.0 Å². The summed E-state index contributed by atoms with van der Waals surface area (Å²) >= 11 is 2.88. The highest BCUT2D eigenvalue weighted by Gasteiger charge is 2.27. The second kappa shape index (κ2) is 7.84. The van der Waals surface area contributed by atoms with E-state index in [4.69, 9.17) is 9.26 Å². The van der Waals surface area contributed by atoms with Crippen LogP contribution in [0.15, 0.2) is 21.3 Å². The van der Waals surface area contributed by atoms with Gasteiger partial charge >= 0.3 is 5.97 Å². The molecule has 3 aromatic rings. The first-order valence-electron chi connectivity index (χ1n) is 8.60. The van der Waals surface area contributed by atoms with E-state index in [1.165, 1.54) is 22.7 Å². The summed E-state index contributed by atoms with van der Waals surface area (Å²) in [5.41, 5.74) is 1.40. The lowest BCUT2D eigenvalue weighted by Gasteiger charge is -2.17. The molecule has 0 saturated carbocycles. The van der Waals surface area contributed by atoms with Crippen LogP contribution in [0.3, 0.4) is 0 Å². The molecule has 0 aromatic carbocycles. The van der Waals surface area contributed by atoms with Crippen molar-refractivity contribution in [1.82, 2.24) is 10.1 Å². The molecular weight excluding hydrogens is 398 g/mol. The molecule has 0 aliphatic carbocycles. The van der Waals surface area contributed by atoms with Crippen LogP contribution >= 0.6 is 22.7 Å². The van der Waals surface area contributed by atoms with Crippen LogP contribution in [-0.4, -0.2) is 22.0 Å². The van der Waals surface area contributed by atoms with Crippen molar-refractivity contribution in [2.24, 2.45) is 5.41 Å². The number of hydrogen-bond acceptors (Lipinski definition) is 8. The molecule has 0 aliphatic rings. The van der Waals surface area contributed by atoms with Gasteiger partial charge < -0.3 is 14.6 Å². The number of esters is 1. The largest absolute Gasteiger partial charge is 0.454 e. The van der Waals surface area contributed by atoms with Gasteiger partial charge in [0.1, 0.15) is 5.00 Å². The van der Waals surface area contributed by atoms with Gasteiger partial charge in [0.15, 0.2) is 6.61 Å². The second-order valence-electron chi connectivity index (χ2n) is 7.30. The Morgan fingerprint density at radius 3 is 2.68 bits per heavy atom. The Balaban J connectivity index is 1.73. The molecule has 0 spiro atoms. The van der Waals surface area contributed by atoms with E-state index in [-0.39, 0.29) is 18.3 Å². The molecule has 148 valence electrons. The Morgan fingerprint density at radius 2 is 2.04 bits per heavy atom. The number of thiophene rings is 2. The van der Waals surface area contributed by atoms with E-state index < -0.39 is 11.4 Å². The van der Waals surface area contributed by atoms with E-state index in [9.17, 15) is 9.59 Å². The SMILES string of the molecule is Cc1sc(NC(=O)C(C)(C)C)c(C(=O)OCc2noc(-c3ccsc3)n2)c1C. The molecule has 28 heavy (non-hydrogen) atoms. The number of carbonyl (C=O) groups is 2. The third kappa shape index (κ3) is 4.31. The fourth-order valence-corrected chi connectivity index (χ4v) is 3.94. The molecule has 3 aromatic heterocycles. The maximum atomic E-state index is 12.7. The van der Waals surface area contributed by atoms with Crippen molar-refractivity contribution in [2.45, 2.75) is 41.2 Å². The first-order valence-corrected chi connectivity index (χ1v) is 10.4. The summed E-state index contributed by atoms with van der Waals surface area (Å²) in [6.45, 7) is 9.06. The second-order valence-corrected chi connectivity index (χ2v) is 9.30. The van der Waals surface area contributed by atoms with E-state index >= 15 is 0 Å². The number of hydrogen-bond donors (Lipinski definition) is 1. The Hall–Kier alpha value is -2.52. The molecule has 3 rings (SSSR count). The molecule has 3 heterocycles. The summed E-state index contributed by atoms with van der Waals surface area (Å²) in [6.07, 6.45) is 0. The monoisotopic (exact) mass is 419 g/mol. The number of nitrogens with one attached hydrogen (secondary N) is 1. The Morgan fingerprint density at radius 1 is 1.29 bits per heavy atom. The molecule has 0 unspecified atom stereocenters. The molecular formula is C19H21N3O4S2. The third-order valence-electron chi connectivity index (χ3n) is 4.07. The van der Waals surface area contributed by atoms with Crippen molar-refractivity contribution >= 4 is 39.6 Å². The van der Waals surface area contributed by atoms with Gasteiger partial charge in [-0.1, -0.05) is 25.9 Å². The van der Waals surface area contributed by atoms with Gasteiger partial charge in [-0.25, -0.2) is 4.79 Å². The number of amides is 1. The highest BCUT2D eigenvalue weighted by Crippen LogP contribution is 2.34. The average Bonchev–Trinajstić information content (AvgIpc) is 3.34. The number of aryl methyl sites for hydroxylation is 1. The van der Waals surface area contributed by atoms with Gasteiger partial charge in [0.2, 0.25) is 11.7 Å². The molecule has 0 atom stereocenters. The minimum Gasteiger partial charge on any atom is -0.454 e. The van der Waals surface area contributed by atoms with Crippen molar-refractivity contribution in [3.63, 3.8) is 0 Å². The first kappa shape index (κ1) is 20.2. The molecule has 7 nitrogen and oxygen atoms in total. The van der Waals surface area contributed by atoms with E-state index in [1.54, 1.807) is 0 Å². The Labute approximate surface area is 170 Å². The summed E-state index contributed by atoms with van der Waals surface area (Å²) < 4.78 is 10.6. The molecule has 1 N–H and O–H groups in total. The fourth-order valence-electron chi connectivity index (χ4n) is 2.27. The number of anilines is 1. The number of rotatable bonds is 5. The standard InChI is InChI=1S/C19H21N3O4S2/c1-10-11(2)28-16(21-18(24)19(3,4)5)14(10)17(23)25-8-13-20-15(26-22-13)12-6-7-27-9-12/h6-7,9H,8H2,1-5H3,(H,21,24). The molecule has 1 amide bonds. The van der Waals surface area contributed by atoms with Gasteiger partial charge in [-0.2, -0.15) is 16.3 Å². The average molecular weight is 420 g/mol. The van der Waals surface area contributed by atoms with Crippen LogP contribution in [0.2, 0.25) is 0 Å². The van der Waals surface area contributed by atoms with Gasteiger partial charge in [0.25, 0.3) is 5.89 Å². The summed E-state index contributed by atoms with van der Waals surface area (Å²) in [6, 6.07) is 1.87. The lowest BCUT2D eigenvalue weighted by molar-refractivity contribution is -0.123. The maximum Gasteiger partial charge on any atom is 0.341 e. The first-order chi connectivity index (χ1) is 13.2. The van der Waals surface area contributed by atoms with Crippen molar-refractivity contribution < 1.29 is 18.8 Å². The van der Waals surface area contributed by atoms with Crippen LogP contribution in [-0.2, 0) is 16.1 Å². The third-order valence-corrected chi connectivity index (χ3v) is 5.87. The van der Waals surface area contributed by atoms with E-state index in [0.29, 0.717) is 16.5 Å². The normalized spacial score (nSPS) is 11.5. The van der Waals surface area contributed by atoms with Gasteiger partial charge in [-0.3, -0.25) is 4.79 Å². The molecule has 9 heteroatoms. The maximum absolute atomic E-state index is 12.7. The van der Waals surface area contributed by atoms with Gasteiger partial charge in [0, 0.05) is 15.7 Å². The summed E-state index contributed by atoms with van der Waals surface area (Å²) in [7, 11) is 0. The zero-order chi connectivity index (χ0) is 20.5. The van der Waals surface area contributed by atoms with Crippen molar-refractivity contribution in [1.29, 1.82) is 0 Å². The molecule has 0 saturated heterocycles. The number of ether oxygens (including phenoxy) is 1. The van der Waals surface area contributed by atoms with Crippen LogP contribution in [0.25, 0.3) is 11.5 Å². The number of carbonyl (C=O) groups excluding carboxylic acids is 2. The smallest absolute Gasteiger partial charge is 0.341 e. The Bertz CT molecular complexity index is 997. The zero-order valence-corrected chi connectivity index (χ0v) is 17.9. The van der Waals surface area contributed by atoms with Crippen molar-refractivity contribution in [2.75, 3.05) is 5.32 Å². The van der Waals surface area contributed by atoms with Crippen molar-refractivity contribution in [3.05, 3.63) is 38.7 Å². The summed E-state index contributed by atoms with van der Waals surface area (Å²) in [5.74, 6) is -0.0401. The molecule has 0 aliphatic heterocycles. The Kier molecular flexibility index (Phi) is 5.66. The zero-order valence-electron chi connectivity index (χ0n) is 16.3. The van der Waals surface area contributed by atoms with Crippen LogP contribution in [0.1, 0.15) is 47.4 Å². The van der Waals surface area contributed by atoms with Crippen LogP contribution < -0.4 is 5.32 Å². The molecule has 0 radical (unpaired) electrons. The van der Waals surface area contributed by atoms with Gasteiger partial charge in [-0.15, -0.1) is 11.3 Å². The fraction of sp³-hybridized carbons (Fsp3) is 0.368. The van der Waals surface area contributed by atoms with Crippen molar-refractivity contribution in [3.8, 4) is 11.5 Å². The quantitative estimate of drug-likeness (QED) is 0.596. The van der Waals surface area contributed by atoms with Crippen LogP contribution in [0, 0.1) is 19.3 Å². The number of aromatic nitrogens is 2. The summed E-state index contributed by atoms with van der Waals surface area (Å²) in [5, 5.41) is 11.0. The highest BCUT2D eigenvalue weighted by atomic mass is 32.1. The topological polar surface area (TPSA) is 94.3 Å². The predicted octanol–water partition coefficient (Wildman–Crippen LogP) is 4.82. The van der Waals surface area contributed by atoms with E-state index in [1.807, 2.05) is 51.4 Å². The molecule has 0 fully saturated rings. The van der Waals surface area contributed by atoms with Gasteiger partial charge in [0.05, 0.1) is 11.1 Å². The minimum absolute atomic E-state index is 0.118. The highest BCUT2D eigenvalue weighted by molar-refractivity contribution is 7.16. The van der Waals surface area contributed by atoms with Crippen LogP contribution in [0.5, 0.6) is 0 Å². The molecule has 0 bridgehead atoms. The van der Waals surface area contributed by atoms with Crippen LogP contribution in [0.4, 0.5) is 5.00 Å². The lowest BCUT2D eigenvalue weighted by atomic mass is 9.96. The summed E-state index contributed by atoms with van der Waals surface area (Å²) in [4.78, 5) is 30.2. The predicted molar refractivity (Wildman–Crippen MR) is 109 cm³/mol. The van der Waals surface area contributed by atoms with E-state index in [2.05, 4.69) is 15.5 Å². The number of nitrogens with zero attached hydrogens (tertiary/aromatic N) is 2.